The van der Waals surface area contributed by atoms with Crippen molar-refractivity contribution >= 4 is 29.1 Å². The quantitative estimate of drug-likeness (QED) is 0.300. The molecule has 3 aliphatic rings. The van der Waals surface area contributed by atoms with Crippen LogP contribution in [0, 0.1) is 11.7 Å². The number of halogens is 3. The van der Waals surface area contributed by atoms with Gasteiger partial charge >= 0.3 is 0 Å². The van der Waals surface area contributed by atoms with Crippen LogP contribution in [0.25, 0.3) is 0 Å². The smallest absolute Gasteiger partial charge is 0.258 e. The first-order valence-electron chi connectivity index (χ1n) is 15.2. The van der Waals surface area contributed by atoms with Crippen LogP contribution in [-0.4, -0.2) is 36.2 Å². The van der Waals surface area contributed by atoms with E-state index in [1.165, 1.54) is 57.1 Å². The lowest BCUT2D eigenvalue weighted by molar-refractivity contribution is -0.127. The van der Waals surface area contributed by atoms with Crippen molar-refractivity contribution in [2.45, 2.75) is 108 Å². The molecule has 2 N–H and O–H groups in total. The molecule has 5 rings (SSSR count). The normalized spacial score (nSPS) is 24.0. The zero-order valence-corrected chi connectivity index (χ0v) is 26.0. The van der Waals surface area contributed by atoms with Crippen LogP contribution in [-0.2, 0) is 4.79 Å². The summed E-state index contributed by atoms with van der Waals surface area (Å²) in [5.74, 6) is 0.977. The molecule has 3 aliphatic carbocycles. The highest BCUT2D eigenvalue weighted by Crippen LogP contribution is 2.44. The first-order valence-corrected chi connectivity index (χ1v) is 15.9. The lowest BCUT2D eigenvalue weighted by atomic mass is 9.63. The summed E-state index contributed by atoms with van der Waals surface area (Å²) in [5.41, 5.74) is -0.688. The van der Waals surface area contributed by atoms with Crippen LogP contribution < -0.4 is 20.1 Å². The third kappa shape index (κ3) is 10.3. The van der Waals surface area contributed by atoms with E-state index >= 15 is 0 Å². The predicted molar refractivity (Wildman–Crippen MR) is 165 cm³/mol. The van der Waals surface area contributed by atoms with Crippen LogP contribution in [0.2, 0.25) is 10.0 Å². The van der Waals surface area contributed by atoms with Crippen molar-refractivity contribution in [1.29, 1.82) is 0 Å². The molecule has 41 heavy (non-hydrogen) atoms. The average Bonchev–Trinajstić information content (AvgIpc) is 2.91. The minimum Gasteiger partial charge on any atom is -0.487 e. The number of amides is 1. The molecular weight excluding hydrogens is 562 g/mol. The summed E-state index contributed by atoms with van der Waals surface area (Å²) in [4.78, 5) is 13.1. The van der Waals surface area contributed by atoms with Crippen LogP contribution in [0.5, 0.6) is 11.5 Å². The molecule has 0 aromatic heterocycles. The number of carbonyl (C=O) groups excluding carboxylic acids is 1. The Balaban J connectivity index is 1.39. The molecule has 1 atom stereocenters. The topological polar surface area (TPSA) is 59.6 Å². The van der Waals surface area contributed by atoms with Crippen molar-refractivity contribution in [1.82, 2.24) is 10.6 Å². The first kappa shape index (κ1) is 31.9. The van der Waals surface area contributed by atoms with E-state index in [0.29, 0.717) is 23.2 Å². The molecule has 2 aromatic carbocycles. The predicted octanol–water partition coefficient (Wildman–Crippen LogP) is 8.51. The molecule has 3 fully saturated rings. The number of benzene rings is 2. The Bertz CT molecular complexity index is 1120. The maximum Gasteiger partial charge on any atom is 0.258 e. The Kier molecular flexibility index (Phi) is 11.6. The van der Waals surface area contributed by atoms with Gasteiger partial charge < -0.3 is 20.1 Å². The molecule has 2 aromatic rings. The summed E-state index contributed by atoms with van der Waals surface area (Å²) in [5, 5.41) is 7.86. The van der Waals surface area contributed by atoms with Gasteiger partial charge in [-0.2, -0.15) is 0 Å². The molecule has 226 valence electrons. The number of fused-ring (bicyclic) bond motifs is 10. The second kappa shape index (κ2) is 14.9. The number of rotatable bonds is 9. The monoisotopic (exact) mass is 606 g/mol. The Hall–Kier alpha value is -2.02. The van der Waals surface area contributed by atoms with Crippen molar-refractivity contribution in [3.05, 3.63) is 58.3 Å². The van der Waals surface area contributed by atoms with E-state index in [1.54, 1.807) is 6.07 Å². The van der Waals surface area contributed by atoms with Gasteiger partial charge in [0.1, 0.15) is 22.9 Å². The molecule has 2 bridgehead atoms. The van der Waals surface area contributed by atoms with Crippen molar-refractivity contribution in [3.63, 3.8) is 0 Å². The molecule has 3 saturated carbocycles. The van der Waals surface area contributed by atoms with E-state index in [2.05, 4.69) is 24.5 Å². The summed E-state index contributed by atoms with van der Waals surface area (Å²) < 4.78 is 25.7. The van der Waals surface area contributed by atoms with Crippen LogP contribution in [0.15, 0.2) is 42.5 Å². The highest BCUT2D eigenvalue weighted by atomic mass is 35.5. The fourth-order valence-electron chi connectivity index (χ4n) is 6.32. The van der Waals surface area contributed by atoms with Crippen LogP contribution in [0.4, 0.5) is 4.39 Å². The van der Waals surface area contributed by atoms with Gasteiger partial charge in [0.25, 0.3) is 5.91 Å². The van der Waals surface area contributed by atoms with Gasteiger partial charge in [0.2, 0.25) is 0 Å². The van der Waals surface area contributed by atoms with E-state index in [4.69, 9.17) is 32.7 Å². The van der Waals surface area contributed by atoms with Gasteiger partial charge in [-0.3, -0.25) is 4.79 Å². The van der Waals surface area contributed by atoms with Gasteiger partial charge in [0.05, 0.1) is 5.02 Å². The third-order valence-electron chi connectivity index (χ3n) is 8.35. The van der Waals surface area contributed by atoms with Crippen molar-refractivity contribution in [2.24, 2.45) is 5.92 Å². The fourth-order valence-corrected chi connectivity index (χ4v) is 6.56. The Morgan fingerprint density at radius 2 is 1.56 bits per heavy atom. The van der Waals surface area contributed by atoms with Gasteiger partial charge in [-0.25, -0.2) is 4.39 Å². The van der Waals surface area contributed by atoms with Crippen LogP contribution in [0.3, 0.4) is 0 Å². The lowest BCUT2D eigenvalue weighted by Gasteiger charge is -2.50. The minimum absolute atomic E-state index is 0.0289. The number of carbonyl (C=O) groups is 1. The molecule has 0 saturated heterocycles. The highest BCUT2D eigenvalue weighted by Gasteiger charge is 2.46. The van der Waals surface area contributed by atoms with E-state index in [0.717, 1.165) is 37.9 Å². The molecule has 1 amide bonds. The van der Waals surface area contributed by atoms with E-state index < -0.39 is 11.4 Å². The van der Waals surface area contributed by atoms with Gasteiger partial charge in [0, 0.05) is 29.2 Å². The molecule has 8 heteroatoms. The molecule has 0 spiro atoms. The summed E-state index contributed by atoms with van der Waals surface area (Å²) in [7, 11) is 0. The maximum atomic E-state index is 13.8. The number of hydrogen-bond donors (Lipinski definition) is 2. The SMILES string of the molecule is CC(C)(CNC1CCCCCCCCCC2CC(NC(=O)COc3ccc(Cl)c(F)c3)(C2)C1)Oc1ccc(Cl)cc1. The number of nitrogens with one attached hydrogen (secondary N) is 2. The van der Waals surface area contributed by atoms with Crippen molar-refractivity contribution in [2.75, 3.05) is 13.2 Å². The van der Waals surface area contributed by atoms with E-state index in [-0.39, 0.29) is 29.1 Å². The summed E-state index contributed by atoms with van der Waals surface area (Å²) in [6.45, 7) is 4.70. The molecule has 0 aliphatic heterocycles. The lowest BCUT2D eigenvalue weighted by Crippen LogP contribution is -2.61. The molecular formula is C33H45Cl2FN2O3. The summed E-state index contributed by atoms with van der Waals surface area (Å²) in [6, 6.07) is 11.9. The van der Waals surface area contributed by atoms with Crippen molar-refractivity contribution in [3.8, 4) is 11.5 Å². The minimum atomic E-state index is -0.562. The Morgan fingerprint density at radius 3 is 2.24 bits per heavy atom. The van der Waals surface area contributed by atoms with Crippen molar-refractivity contribution < 1.29 is 18.7 Å². The molecule has 1 unspecified atom stereocenters. The number of ether oxygens (including phenoxy) is 2. The zero-order valence-electron chi connectivity index (χ0n) is 24.5. The van der Waals surface area contributed by atoms with Crippen LogP contribution in [0.1, 0.15) is 90.9 Å². The fraction of sp³-hybridized carbons (Fsp3) is 0.606. The number of hydrogen-bond acceptors (Lipinski definition) is 4. The Labute approximate surface area is 254 Å². The highest BCUT2D eigenvalue weighted by molar-refractivity contribution is 6.30. The Morgan fingerprint density at radius 1 is 0.927 bits per heavy atom. The van der Waals surface area contributed by atoms with Gasteiger partial charge in [-0.1, -0.05) is 74.6 Å². The average molecular weight is 608 g/mol. The zero-order chi connectivity index (χ0) is 29.3. The molecule has 0 heterocycles. The summed E-state index contributed by atoms with van der Waals surface area (Å²) >= 11 is 11.8. The van der Waals surface area contributed by atoms with Gasteiger partial charge in [-0.05, 0) is 81.8 Å². The standard InChI is InChI=1S/C33H45Cl2FN2O3/c1-32(2,41-27-14-12-25(34)13-15-27)23-37-26-11-9-7-5-3-4-6-8-10-24-19-33(20-24,21-26)38-31(39)22-40-28-16-17-29(35)30(36)18-28/h12-18,24,26,37H,3-11,19-23H2,1-2H3,(H,38,39). The second-order valence-electron chi connectivity index (χ2n) is 12.6. The van der Waals surface area contributed by atoms with Gasteiger partial charge in [0.15, 0.2) is 6.61 Å². The van der Waals surface area contributed by atoms with E-state index in [1.807, 2.05) is 24.3 Å². The third-order valence-corrected chi connectivity index (χ3v) is 8.91. The maximum absolute atomic E-state index is 13.8. The van der Waals surface area contributed by atoms with E-state index in [9.17, 15) is 9.18 Å². The first-order chi connectivity index (χ1) is 19.6. The van der Waals surface area contributed by atoms with Gasteiger partial charge in [-0.15, -0.1) is 0 Å². The van der Waals surface area contributed by atoms with Crippen LogP contribution >= 0.6 is 23.2 Å². The summed E-state index contributed by atoms with van der Waals surface area (Å²) in [6.07, 6.45) is 14.0. The molecule has 0 radical (unpaired) electrons. The molecule has 5 nitrogen and oxygen atoms in total. The largest absolute Gasteiger partial charge is 0.487 e. The second-order valence-corrected chi connectivity index (χ2v) is 13.5.